The zero-order valence-corrected chi connectivity index (χ0v) is 17.0. The van der Waals surface area contributed by atoms with Gasteiger partial charge in [-0.2, -0.15) is 0 Å². The van der Waals surface area contributed by atoms with E-state index in [-0.39, 0.29) is 24.6 Å². The molecule has 0 radical (unpaired) electrons. The number of carboxylic acid groups (broad SMARTS) is 1. The number of amides is 1. The SMILES string of the molecule is CC(C)c1ccc(OC2CCN([C@H]3CCCCN(CC(=O)O)C3=O)CC2)cc1. The van der Waals surface area contributed by atoms with Crippen molar-refractivity contribution in [1.82, 2.24) is 9.80 Å². The van der Waals surface area contributed by atoms with Gasteiger partial charge in [-0.15, -0.1) is 0 Å². The van der Waals surface area contributed by atoms with Gasteiger partial charge in [0.15, 0.2) is 0 Å². The lowest BCUT2D eigenvalue weighted by molar-refractivity contribution is -0.146. The maximum atomic E-state index is 12.8. The van der Waals surface area contributed by atoms with E-state index in [1.54, 1.807) is 0 Å². The summed E-state index contributed by atoms with van der Waals surface area (Å²) in [4.78, 5) is 27.6. The van der Waals surface area contributed by atoms with Gasteiger partial charge < -0.3 is 14.7 Å². The molecule has 0 aliphatic carbocycles. The molecule has 1 amide bonds. The Morgan fingerprint density at radius 1 is 1.11 bits per heavy atom. The van der Waals surface area contributed by atoms with Crippen molar-refractivity contribution in [2.24, 2.45) is 0 Å². The number of carbonyl (C=O) groups is 2. The van der Waals surface area contributed by atoms with Crippen LogP contribution < -0.4 is 4.74 Å². The fourth-order valence-corrected chi connectivity index (χ4v) is 4.17. The zero-order valence-electron chi connectivity index (χ0n) is 17.0. The standard InChI is InChI=1S/C22H32N2O4/c1-16(2)17-6-8-18(9-7-17)28-19-10-13-23(14-11-19)20-5-3-4-12-24(22(20)27)15-21(25)26/h6-9,16,19-20H,3-5,10-15H2,1-2H3,(H,25,26)/t20-/m0/s1. The summed E-state index contributed by atoms with van der Waals surface area (Å²) in [5.41, 5.74) is 1.31. The number of likely N-dealkylation sites (tertiary alicyclic amines) is 2. The van der Waals surface area contributed by atoms with Crippen LogP contribution in [0.15, 0.2) is 24.3 Å². The van der Waals surface area contributed by atoms with E-state index in [0.29, 0.717) is 12.5 Å². The van der Waals surface area contributed by atoms with Gasteiger partial charge in [-0.05, 0) is 55.7 Å². The highest BCUT2D eigenvalue weighted by molar-refractivity contribution is 5.85. The van der Waals surface area contributed by atoms with Crippen LogP contribution in [0, 0.1) is 0 Å². The van der Waals surface area contributed by atoms with Gasteiger partial charge in [0, 0.05) is 19.6 Å². The van der Waals surface area contributed by atoms with Crippen LogP contribution in [0.4, 0.5) is 0 Å². The Hall–Kier alpha value is -2.08. The monoisotopic (exact) mass is 388 g/mol. The van der Waals surface area contributed by atoms with Crippen LogP contribution in [0.3, 0.4) is 0 Å². The van der Waals surface area contributed by atoms with Crippen LogP contribution in [0.5, 0.6) is 5.75 Å². The number of carbonyl (C=O) groups excluding carboxylic acids is 1. The Bertz CT molecular complexity index is 666. The average molecular weight is 389 g/mol. The highest BCUT2D eigenvalue weighted by atomic mass is 16.5. The molecular formula is C22H32N2O4. The highest BCUT2D eigenvalue weighted by Crippen LogP contribution is 2.25. The number of aliphatic carboxylic acids is 1. The van der Waals surface area contributed by atoms with Crippen LogP contribution >= 0.6 is 0 Å². The van der Waals surface area contributed by atoms with Gasteiger partial charge in [-0.25, -0.2) is 0 Å². The molecule has 2 heterocycles. The van der Waals surface area contributed by atoms with Crippen molar-refractivity contribution in [3.63, 3.8) is 0 Å². The first-order valence-electron chi connectivity index (χ1n) is 10.5. The van der Waals surface area contributed by atoms with E-state index in [1.165, 1.54) is 10.5 Å². The first-order chi connectivity index (χ1) is 13.4. The molecule has 2 aliphatic rings. The molecule has 2 saturated heterocycles. The third-order valence-electron chi connectivity index (χ3n) is 5.85. The van der Waals surface area contributed by atoms with E-state index in [0.717, 1.165) is 50.9 Å². The van der Waals surface area contributed by atoms with Crippen LogP contribution in [0.25, 0.3) is 0 Å². The molecule has 0 unspecified atom stereocenters. The van der Waals surface area contributed by atoms with Crippen molar-refractivity contribution in [3.05, 3.63) is 29.8 Å². The Morgan fingerprint density at radius 2 is 1.79 bits per heavy atom. The summed E-state index contributed by atoms with van der Waals surface area (Å²) in [7, 11) is 0. The molecule has 0 spiro atoms. The van der Waals surface area contributed by atoms with Gasteiger partial charge in [0.25, 0.3) is 0 Å². The number of piperidine rings is 1. The van der Waals surface area contributed by atoms with E-state index in [2.05, 4.69) is 30.9 Å². The number of hydrogen-bond acceptors (Lipinski definition) is 4. The van der Waals surface area contributed by atoms with Gasteiger partial charge in [-0.3, -0.25) is 14.5 Å². The largest absolute Gasteiger partial charge is 0.490 e. The second-order valence-electron chi connectivity index (χ2n) is 8.24. The lowest BCUT2D eigenvalue weighted by Crippen LogP contribution is -2.52. The fourth-order valence-electron chi connectivity index (χ4n) is 4.17. The second-order valence-corrected chi connectivity index (χ2v) is 8.24. The van der Waals surface area contributed by atoms with Gasteiger partial charge in [0.2, 0.25) is 5.91 Å². The van der Waals surface area contributed by atoms with Crippen LogP contribution in [0.2, 0.25) is 0 Å². The zero-order chi connectivity index (χ0) is 20.1. The average Bonchev–Trinajstić information content (AvgIpc) is 2.84. The van der Waals surface area contributed by atoms with Gasteiger partial charge in [-0.1, -0.05) is 26.0 Å². The smallest absolute Gasteiger partial charge is 0.323 e. The van der Waals surface area contributed by atoms with E-state index < -0.39 is 5.97 Å². The molecule has 6 nitrogen and oxygen atoms in total. The molecule has 6 heteroatoms. The molecule has 3 rings (SSSR count). The number of carboxylic acids is 1. The van der Waals surface area contributed by atoms with Crippen LogP contribution in [0.1, 0.15) is 57.4 Å². The summed E-state index contributed by atoms with van der Waals surface area (Å²) in [6, 6.07) is 8.14. The summed E-state index contributed by atoms with van der Waals surface area (Å²) in [5, 5.41) is 9.07. The molecule has 1 aromatic rings. The maximum absolute atomic E-state index is 12.8. The summed E-state index contributed by atoms with van der Waals surface area (Å²) in [6.45, 7) is 6.34. The summed E-state index contributed by atoms with van der Waals surface area (Å²) < 4.78 is 6.15. The van der Waals surface area contributed by atoms with Crippen molar-refractivity contribution in [2.45, 2.75) is 64.0 Å². The Kier molecular flexibility index (Phi) is 6.94. The molecule has 0 saturated carbocycles. The minimum absolute atomic E-state index is 0.0245. The number of rotatable bonds is 6. The Morgan fingerprint density at radius 3 is 2.39 bits per heavy atom. The molecule has 1 aromatic carbocycles. The molecule has 154 valence electrons. The predicted molar refractivity (Wildman–Crippen MR) is 108 cm³/mol. The third-order valence-corrected chi connectivity index (χ3v) is 5.85. The minimum atomic E-state index is -0.940. The normalized spacial score (nSPS) is 22.3. The number of benzene rings is 1. The molecule has 28 heavy (non-hydrogen) atoms. The molecule has 0 bridgehead atoms. The first-order valence-corrected chi connectivity index (χ1v) is 10.5. The molecule has 1 atom stereocenters. The lowest BCUT2D eigenvalue weighted by atomic mass is 10.0. The summed E-state index contributed by atoms with van der Waals surface area (Å²) >= 11 is 0. The molecule has 2 fully saturated rings. The van der Waals surface area contributed by atoms with E-state index in [9.17, 15) is 9.59 Å². The lowest BCUT2D eigenvalue weighted by Gasteiger charge is -2.37. The number of hydrogen-bond donors (Lipinski definition) is 1. The van der Waals surface area contributed by atoms with Crippen molar-refractivity contribution < 1.29 is 19.4 Å². The van der Waals surface area contributed by atoms with Crippen molar-refractivity contribution >= 4 is 11.9 Å². The second kappa shape index (κ2) is 9.41. The van der Waals surface area contributed by atoms with Crippen molar-refractivity contribution in [1.29, 1.82) is 0 Å². The Labute approximate surface area is 167 Å². The van der Waals surface area contributed by atoms with Crippen LogP contribution in [-0.4, -0.2) is 65.1 Å². The number of ether oxygens (including phenoxy) is 1. The molecule has 2 aliphatic heterocycles. The topological polar surface area (TPSA) is 70.1 Å². The molecular weight excluding hydrogens is 356 g/mol. The predicted octanol–water partition coefficient (Wildman–Crippen LogP) is 3.12. The first kappa shape index (κ1) is 20.6. The molecule has 0 aromatic heterocycles. The minimum Gasteiger partial charge on any atom is -0.490 e. The summed E-state index contributed by atoms with van der Waals surface area (Å²) in [6.07, 6.45) is 4.59. The summed E-state index contributed by atoms with van der Waals surface area (Å²) in [5.74, 6) is 0.448. The van der Waals surface area contributed by atoms with Crippen molar-refractivity contribution in [2.75, 3.05) is 26.2 Å². The van der Waals surface area contributed by atoms with Gasteiger partial charge in [0.1, 0.15) is 18.4 Å². The van der Waals surface area contributed by atoms with E-state index >= 15 is 0 Å². The Balaban J connectivity index is 1.53. The number of nitrogens with zero attached hydrogens (tertiary/aromatic N) is 2. The van der Waals surface area contributed by atoms with E-state index in [4.69, 9.17) is 9.84 Å². The highest BCUT2D eigenvalue weighted by Gasteiger charge is 2.34. The fraction of sp³-hybridized carbons (Fsp3) is 0.636. The van der Waals surface area contributed by atoms with Crippen LogP contribution in [-0.2, 0) is 9.59 Å². The van der Waals surface area contributed by atoms with E-state index in [1.807, 2.05) is 12.1 Å². The van der Waals surface area contributed by atoms with Crippen molar-refractivity contribution in [3.8, 4) is 5.75 Å². The quantitative estimate of drug-likeness (QED) is 0.811. The van der Waals surface area contributed by atoms with Gasteiger partial charge in [0.05, 0.1) is 6.04 Å². The maximum Gasteiger partial charge on any atom is 0.323 e. The van der Waals surface area contributed by atoms with Gasteiger partial charge >= 0.3 is 5.97 Å². The third kappa shape index (κ3) is 5.25. The molecule has 1 N–H and O–H groups in total.